The highest BCUT2D eigenvalue weighted by atomic mass is 32.1. The van der Waals surface area contributed by atoms with E-state index in [0.29, 0.717) is 6.61 Å². The van der Waals surface area contributed by atoms with Gasteiger partial charge in [0.2, 0.25) is 0 Å². The second-order valence-corrected chi connectivity index (χ2v) is 6.66. The lowest BCUT2D eigenvalue weighted by atomic mass is 9.76. The van der Waals surface area contributed by atoms with Crippen molar-refractivity contribution in [3.05, 3.63) is 0 Å². The molecule has 0 saturated carbocycles. The van der Waals surface area contributed by atoms with E-state index in [4.69, 9.17) is 41.4 Å². The van der Waals surface area contributed by atoms with Crippen LogP contribution < -0.4 is 0 Å². The Morgan fingerprint density at radius 1 is 0.875 bits per heavy atom. The molecule has 0 aromatic heterocycles. The Morgan fingerprint density at radius 3 is 1.38 bits per heavy atom. The number of hydrogen-bond acceptors (Lipinski definition) is 4. The predicted molar refractivity (Wildman–Crippen MR) is 83.0 cm³/mol. The summed E-state index contributed by atoms with van der Waals surface area (Å²) in [7, 11) is 1.71. The third-order valence-electron chi connectivity index (χ3n) is 2.32. The Morgan fingerprint density at radius 2 is 1.19 bits per heavy atom. The van der Waals surface area contributed by atoms with Crippen LogP contribution in [0.4, 0.5) is 0 Å². The van der Waals surface area contributed by atoms with Crippen LogP contribution in [0.3, 0.4) is 0 Å². The van der Waals surface area contributed by atoms with Crippen molar-refractivity contribution in [1.82, 2.24) is 0 Å². The highest BCUT2D eigenvalue weighted by Gasteiger charge is 2.31. The molecule has 0 rings (SSSR count). The maximum Gasteiger partial charge on any atom is 0.0528 e. The van der Waals surface area contributed by atoms with E-state index >= 15 is 0 Å². The molecule has 0 saturated heterocycles. The molecule has 0 radical (unpaired) electrons. The first-order valence-corrected chi connectivity index (χ1v) is 6.51. The highest BCUT2D eigenvalue weighted by molar-refractivity contribution is 7.80. The van der Waals surface area contributed by atoms with Gasteiger partial charge in [-0.25, -0.2) is 0 Å². The second kappa shape index (κ2) is 7.54. The molecule has 0 fully saturated rings. The summed E-state index contributed by atoms with van der Waals surface area (Å²) in [6, 6.07) is 0. The van der Waals surface area contributed by atoms with Gasteiger partial charge in [0.25, 0.3) is 0 Å². The Balaban J connectivity index is 4.93. The molecule has 1 nitrogen and oxygen atoms in total. The summed E-state index contributed by atoms with van der Waals surface area (Å²) >= 11 is 15.7. The van der Waals surface area contributed by atoms with Crippen molar-refractivity contribution in [2.45, 2.75) is 40.0 Å². The first kappa shape index (κ1) is 16.2. The maximum atomic E-state index is 5.33. The predicted octanol–water partition coefficient (Wildman–Crippen LogP) is 3.96. The smallest absolute Gasteiger partial charge is 0.0528 e. The SMILES string of the molecule is COCC(CC(C)=S)(CC(C)=S)CC(C)=S. The van der Waals surface area contributed by atoms with Crippen LogP contribution >= 0.6 is 36.7 Å². The molecule has 0 unspecified atom stereocenters. The minimum atomic E-state index is -0.0295. The van der Waals surface area contributed by atoms with Crippen molar-refractivity contribution in [2.24, 2.45) is 5.41 Å². The molecule has 0 N–H and O–H groups in total. The Labute approximate surface area is 115 Å². The molecule has 0 aromatic carbocycles. The van der Waals surface area contributed by atoms with E-state index in [1.807, 2.05) is 20.8 Å². The Hall–Kier alpha value is 0.230. The summed E-state index contributed by atoms with van der Waals surface area (Å²) < 4.78 is 5.33. The van der Waals surface area contributed by atoms with Crippen LogP contribution in [0, 0.1) is 5.41 Å². The lowest BCUT2D eigenvalue weighted by Crippen LogP contribution is -2.32. The van der Waals surface area contributed by atoms with E-state index in [0.717, 1.165) is 33.9 Å². The van der Waals surface area contributed by atoms with Gasteiger partial charge in [-0.1, -0.05) is 36.7 Å². The maximum absolute atomic E-state index is 5.33. The third kappa shape index (κ3) is 6.74. The average Bonchev–Trinajstić information content (AvgIpc) is 1.98. The molecule has 0 spiro atoms. The van der Waals surface area contributed by atoms with E-state index in [-0.39, 0.29) is 5.41 Å². The molecule has 0 heterocycles. The third-order valence-corrected chi connectivity index (χ3v) is 2.76. The van der Waals surface area contributed by atoms with Gasteiger partial charge in [0, 0.05) is 12.5 Å². The summed E-state index contributed by atoms with van der Waals surface area (Å²) in [6.45, 7) is 6.56. The molecule has 16 heavy (non-hydrogen) atoms. The summed E-state index contributed by atoms with van der Waals surface area (Å²) in [5.41, 5.74) is -0.0295. The molecule has 0 amide bonds. The standard InChI is InChI=1S/C12H20OS3/c1-9(14)5-12(8-13-4,6-10(2)15)7-11(3)16/h5-8H2,1-4H3. The zero-order valence-corrected chi connectivity index (χ0v) is 12.9. The van der Waals surface area contributed by atoms with Crippen LogP contribution in [0.15, 0.2) is 0 Å². The zero-order chi connectivity index (χ0) is 12.8. The fourth-order valence-electron chi connectivity index (χ4n) is 2.23. The van der Waals surface area contributed by atoms with Gasteiger partial charge in [0.1, 0.15) is 0 Å². The van der Waals surface area contributed by atoms with E-state index in [1.165, 1.54) is 0 Å². The van der Waals surface area contributed by atoms with Gasteiger partial charge in [0.05, 0.1) is 6.61 Å². The molecule has 0 aliphatic carbocycles. The van der Waals surface area contributed by atoms with Crippen LogP contribution in [0.1, 0.15) is 40.0 Å². The zero-order valence-electron chi connectivity index (χ0n) is 10.5. The lowest BCUT2D eigenvalue weighted by Gasteiger charge is -2.33. The van der Waals surface area contributed by atoms with Gasteiger partial charge >= 0.3 is 0 Å². The Bertz CT molecular complexity index is 243. The summed E-state index contributed by atoms with van der Waals surface area (Å²) in [6.07, 6.45) is 2.54. The number of thiocarbonyl (C=S) groups is 3. The molecule has 4 heteroatoms. The second-order valence-electron chi connectivity index (χ2n) is 4.57. The van der Waals surface area contributed by atoms with Gasteiger partial charge < -0.3 is 4.74 Å². The molecular formula is C12H20OS3. The van der Waals surface area contributed by atoms with E-state index in [9.17, 15) is 0 Å². The van der Waals surface area contributed by atoms with Crippen LogP contribution in [-0.2, 0) is 4.74 Å². The topological polar surface area (TPSA) is 9.23 Å². The summed E-state index contributed by atoms with van der Waals surface area (Å²) in [5, 5.41) is 0. The monoisotopic (exact) mass is 276 g/mol. The molecule has 0 aliphatic heterocycles. The van der Waals surface area contributed by atoms with Crippen LogP contribution in [0.25, 0.3) is 0 Å². The minimum Gasteiger partial charge on any atom is -0.384 e. The molecular weight excluding hydrogens is 256 g/mol. The highest BCUT2D eigenvalue weighted by Crippen LogP contribution is 2.33. The molecule has 0 aliphatic rings. The first-order chi connectivity index (χ1) is 7.31. The molecule has 92 valence electrons. The van der Waals surface area contributed by atoms with Crippen molar-refractivity contribution in [3.8, 4) is 0 Å². The minimum absolute atomic E-state index is 0.0295. The fourth-order valence-corrected chi connectivity index (χ4v) is 3.15. The quantitative estimate of drug-likeness (QED) is 0.620. The van der Waals surface area contributed by atoms with Gasteiger partial charge in [-0.3, -0.25) is 0 Å². The number of hydrogen-bond donors (Lipinski definition) is 0. The number of methoxy groups -OCH3 is 1. The van der Waals surface area contributed by atoms with Crippen molar-refractivity contribution in [1.29, 1.82) is 0 Å². The molecule has 0 bridgehead atoms. The van der Waals surface area contributed by atoms with Crippen LogP contribution in [-0.4, -0.2) is 28.3 Å². The summed E-state index contributed by atoms with van der Waals surface area (Å²) in [4.78, 5) is 2.97. The van der Waals surface area contributed by atoms with E-state index in [2.05, 4.69) is 0 Å². The normalized spacial score (nSPS) is 11.2. The molecule has 0 atom stereocenters. The van der Waals surface area contributed by atoms with Gasteiger partial charge in [-0.05, 0) is 54.6 Å². The first-order valence-electron chi connectivity index (χ1n) is 5.28. The van der Waals surface area contributed by atoms with Crippen LogP contribution in [0.2, 0.25) is 0 Å². The summed E-state index contributed by atoms with van der Waals surface area (Å²) in [5.74, 6) is 0. The number of rotatable bonds is 8. The van der Waals surface area contributed by atoms with Crippen molar-refractivity contribution in [3.63, 3.8) is 0 Å². The van der Waals surface area contributed by atoms with Crippen molar-refractivity contribution < 1.29 is 4.74 Å². The van der Waals surface area contributed by atoms with Crippen LogP contribution in [0.5, 0.6) is 0 Å². The average molecular weight is 276 g/mol. The lowest BCUT2D eigenvalue weighted by molar-refractivity contribution is 0.0942. The van der Waals surface area contributed by atoms with Crippen molar-refractivity contribution >= 4 is 51.2 Å². The van der Waals surface area contributed by atoms with E-state index < -0.39 is 0 Å². The van der Waals surface area contributed by atoms with E-state index in [1.54, 1.807) is 7.11 Å². The Kier molecular flexibility index (Phi) is 7.64. The number of ether oxygens (including phenoxy) is 1. The van der Waals surface area contributed by atoms with Gasteiger partial charge in [-0.15, -0.1) is 0 Å². The fraction of sp³-hybridized carbons (Fsp3) is 0.750. The van der Waals surface area contributed by atoms with Crippen molar-refractivity contribution in [2.75, 3.05) is 13.7 Å². The molecule has 0 aromatic rings. The van der Waals surface area contributed by atoms with Gasteiger partial charge in [0.15, 0.2) is 0 Å². The largest absolute Gasteiger partial charge is 0.384 e. The van der Waals surface area contributed by atoms with Gasteiger partial charge in [-0.2, -0.15) is 0 Å².